The first-order valence-electron chi connectivity index (χ1n) is 9.72. The second-order valence-electron chi connectivity index (χ2n) is 7.52. The number of hydrogen-bond acceptors (Lipinski definition) is 6. The van der Waals surface area contributed by atoms with Crippen LogP contribution in [-0.4, -0.2) is 71.8 Å². The maximum Gasteiger partial charge on any atom is 0.293 e. The molecule has 2 aliphatic heterocycles. The van der Waals surface area contributed by atoms with Crippen LogP contribution in [0.3, 0.4) is 0 Å². The molecule has 2 heterocycles. The molecule has 1 aromatic rings. The molecule has 0 saturated carbocycles. The SMILES string of the molecule is C[C@H]1CCCCN1C(=O)CN1CCN(c2ccc(C(N)=O)cc2[N+](=O)[O-])CC1. The van der Waals surface area contributed by atoms with E-state index in [1.165, 1.54) is 18.6 Å². The second-order valence-corrected chi connectivity index (χ2v) is 7.52. The van der Waals surface area contributed by atoms with Crippen LogP contribution in [0.2, 0.25) is 0 Å². The highest BCUT2D eigenvalue weighted by atomic mass is 16.6. The van der Waals surface area contributed by atoms with Crippen molar-refractivity contribution in [3.05, 3.63) is 33.9 Å². The van der Waals surface area contributed by atoms with E-state index in [1.54, 1.807) is 6.07 Å². The lowest BCUT2D eigenvalue weighted by Crippen LogP contribution is -2.52. The summed E-state index contributed by atoms with van der Waals surface area (Å²) in [4.78, 5) is 40.8. The maximum absolute atomic E-state index is 12.6. The van der Waals surface area contributed by atoms with Gasteiger partial charge in [-0.15, -0.1) is 0 Å². The number of piperazine rings is 1. The molecule has 0 unspecified atom stereocenters. The van der Waals surface area contributed by atoms with Crippen molar-refractivity contribution in [3.63, 3.8) is 0 Å². The predicted molar refractivity (Wildman–Crippen MR) is 105 cm³/mol. The third kappa shape index (κ3) is 4.41. The van der Waals surface area contributed by atoms with Crippen LogP contribution >= 0.6 is 0 Å². The topological polar surface area (TPSA) is 113 Å². The van der Waals surface area contributed by atoms with Crippen molar-refractivity contribution < 1.29 is 14.5 Å². The van der Waals surface area contributed by atoms with Gasteiger partial charge in [0, 0.05) is 50.4 Å². The van der Waals surface area contributed by atoms with Crippen LogP contribution in [0.25, 0.3) is 0 Å². The van der Waals surface area contributed by atoms with E-state index in [4.69, 9.17) is 5.73 Å². The fourth-order valence-electron chi connectivity index (χ4n) is 3.99. The molecule has 0 aliphatic carbocycles. The van der Waals surface area contributed by atoms with Gasteiger partial charge in [-0.2, -0.15) is 0 Å². The predicted octanol–water partition coefficient (Wildman–Crippen LogP) is 1.22. The van der Waals surface area contributed by atoms with Gasteiger partial charge in [-0.1, -0.05) is 0 Å². The molecule has 2 N–H and O–H groups in total. The molecule has 2 saturated heterocycles. The fourth-order valence-corrected chi connectivity index (χ4v) is 3.99. The van der Waals surface area contributed by atoms with Gasteiger partial charge in [0.05, 0.1) is 11.5 Å². The van der Waals surface area contributed by atoms with E-state index in [9.17, 15) is 19.7 Å². The van der Waals surface area contributed by atoms with Gasteiger partial charge in [0.2, 0.25) is 11.8 Å². The largest absolute Gasteiger partial charge is 0.366 e. The minimum atomic E-state index is -0.690. The lowest BCUT2D eigenvalue weighted by Gasteiger charge is -2.38. The number of nitro benzene ring substituents is 1. The van der Waals surface area contributed by atoms with Crippen LogP contribution in [-0.2, 0) is 4.79 Å². The van der Waals surface area contributed by atoms with Crippen LogP contribution in [0.15, 0.2) is 18.2 Å². The third-order valence-electron chi connectivity index (χ3n) is 5.65. The van der Waals surface area contributed by atoms with Crippen LogP contribution < -0.4 is 10.6 Å². The van der Waals surface area contributed by atoms with E-state index in [1.807, 2.05) is 9.80 Å². The molecular weight excluding hydrogens is 362 g/mol. The number of hydrogen-bond donors (Lipinski definition) is 1. The van der Waals surface area contributed by atoms with Crippen molar-refractivity contribution >= 4 is 23.2 Å². The summed E-state index contributed by atoms with van der Waals surface area (Å²) in [6.45, 7) is 5.80. The number of nitrogens with two attached hydrogens (primary N) is 1. The van der Waals surface area contributed by atoms with Gasteiger partial charge >= 0.3 is 0 Å². The average molecular weight is 389 g/mol. The standard InChI is InChI=1S/C19H27N5O4/c1-14-4-2-3-7-23(14)18(25)13-21-8-10-22(11-9-21)16-6-5-15(19(20)26)12-17(16)24(27)28/h5-6,12,14H,2-4,7-11,13H2,1H3,(H2,20,26)/t14-/m0/s1. The van der Waals surface area contributed by atoms with Gasteiger partial charge in [-0.05, 0) is 38.3 Å². The molecule has 9 heteroatoms. The third-order valence-corrected chi connectivity index (χ3v) is 5.65. The Morgan fingerprint density at radius 3 is 2.50 bits per heavy atom. The van der Waals surface area contributed by atoms with Gasteiger partial charge in [-0.25, -0.2) is 0 Å². The van der Waals surface area contributed by atoms with E-state index in [0.717, 1.165) is 19.4 Å². The molecule has 0 radical (unpaired) electrons. The van der Waals surface area contributed by atoms with Crippen molar-refractivity contribution in [1.82, 2.24) is 9.80 Å². The number of rotatable bonds is 5. The van der Waals surface area contributed by atoms with Crippen molar-refractivity contribution in [3.8, 4) is 0 Å². The summed E-state index contributed by atoms with van der Waals surface area (Å²) in [6, 6.07) is 4.62. The molecule has 3 rings (SSSR count). The van der Waals surface area contributed by atoms with Gasteiger partial charge in [0.1, 0.15) is 5.69 Å². The van der Waals surface area contributed by atoms with Gasteiger partial charge < -0.3 is 15.5 Å². The Morgan fingerprint density at radius 2 is 1.89 bits per heavy atom. The van der Waals surface area contributed by atoms with Gasteiger partial charge in [-0.3, -0.25) is 24.6 Å². The summed E-state index contributed by atoms with van der Waals surface area (Å²) in [7, 11) is 0. The van der Waals surface area contributed by atoms with E-state index < -0.39 is 10.8 Å². The first-order chi connectivity index (χ1) is 13.4. The Morgan fingerprint density at radius 1 is 1.18 bits per heavy atom. The summed E-state index contributed by atoms with van der Waals surface area (Å²) < 4.78 is 0. The second kappa shape index (κ2) is 8.55. The highest BCUT2D eigenvalue weighted by molar-refractivity contribution is 5.94. The molecule has 0 aromatic heterocycles. The number of nitrogens with zero attached hydrogens (tertiary/aromatic N) is 4. The Labute approximate surface area is 164 Å². The fraction of sp³-hybridized carbons (Fsp3) is 0.579. The number of likely N-dealkylation sites (tertiary alicyclic amines) is 1. The Hall–Kier alpha value is -2.68. The Bertz CT molecular complexity index is 761. The molecule has 1 atom stereocenters. The summed E-state index contributed by atoms with van der Waals surface area (Å²) >= 11 is 0. The molecule has 2 amide bonds. The van der Waals surface area contributed by atoms with Crippen LogP contribution in [0.4, 0.5) is 11.4 Å². The molecular formula is C19H27N5O4. The van der Waals surface area contributed by atoms with Gasteiger partial charge in [0.25, 0.3) is 5.69 Å². The molecule has 1 aromatic carbocycles. The molecule has 9 nitrogen and oxygen atoms in total. The molecule has 152 valence electrons. The number of amides is 2. The van der Waals surface area contributed by atoms with E-state index in [0.29, 0.717) is 44.5 Å². The molecule has 2 aliphatic rings. The zero-order chi connectivity index (χ0) is 20.3. The zero-order valence-electron chi connectivity index (χ0n) is 16.2. The number of carbonyl (C=O) groups is 2. The molecule has 0 bridgehead atoms. The maximum atomic E-state index is 12.6. The van der Waals surface area contributed by atoms with E-state index >= 15 is 0 Å². The Balaban J connectivity index is 1.61. The van der Waals surface area contributed by atoms with E-state index in [2.05, 4.69) is 11.8 Å². The summed E-state index contributed by atoms with van der Waals surface area (Å²) in [5.41, 5.74) is 5.71. The molecule has 0 spiro atoms. The van der Waals surface area contributed by atoms with Crippen LogP contribution in [0.1, 0.15) is 36.5 Å². The number of primary amides is 1. The van der Waals surface area contributed by atoms with Gasteiger partial charge in [0.15, 0.2) is 0 Å². The van der Waals surface area contributed by atoms with Crippen molar-refractivity contribution in [2.75, 3.05) is 44.2 Å². The molecule has 28 heavy (non-hydrogen) atoms. The lowest BCUT2D eigenvalue weighted by atomic mass is 10.0. The van der Waals surface area contributed by atoms with Crippen molar-refractivity contribution in [2.24, 2.45) is 5.73 Å². The van der Waals surface area contributed by atoms with Crippen LogP contribution in [0.5, 0.6) is 0 Å². The number of anilines is 1. The first-order valence-corrected chi connectivity index (χ1v) is 9.72. The minimum Gasteiger partial charge on any atom is -0.366 e. The monoisotopic (exact) mass is 389 g/mol. The zero-order valence-corrected chi connectivity index (χ0v) is 16.2. The number of carbonyl (C=O) groups excluding carboxylic acids is 2. The number of piperidine rings is 1. The highest BCUT2D eigenvalue weighted by Crippen LogP contribution is 2.30. The quantitative estimate of drug-likeness (QED) is 0.598. The summed E-state index contributed by atoms with van der Waals surface area (Å²) in [5, 5.41) is 11.4. The average Bonchev–Trinajstić information content (AvgIpc) is 2.68. The summed E-state index contributed by atoms with van der Waals surface area (Å²) in [6.07, 6.45) is 3.30. The van der Waals surface area contributed by atoms with Crippen LogP contribution in [0, 0.1) is 10.1 Å². The first kappa shape index (κ1) is 20.1. The van der Waals surface area contributed by atoms with E-state index in [-0.39, 0.29) is 17.2 Å². The van der Waals surface area contributed by atoms with Crippen molar-refractivity contribution in [2.45, 2.75) is 32.2 Å². The number of benzene rings is 1. The number of nitro groups is 1. The normalized spacial score (nSPS) is 20.8. The smallest absolute Gasteiger partial charge is 0.293 e. The molecule has 2 fully saturated rings. The highest BCUT2D eigenvalue weighted by Gasteiger charge is 2.28. The summed E-state index contributed by atoms with van der Waals surface area (Å²) in [5.74, 6) is -0.526. The van der Waals surface area contributed by atoms with Crippen molar-refractivity contribution in [1.29, 1.82) is 0 Å². The Kier molecular flexibility index (Phi) is 6.13. The lowest BCUT2D eigenvalue weighted by molar-refractivity contribution is -0.384. The minimum absolute atomic E-state index is 0.121.